The molecule has 1 unspecified atom stereocenters. The lowest BCUT2D eigenvalue weighted by Crippen LogP contribution is -2.41. The van der Waals surface area contributed by atoms with Crippen LogP contribution < -0.4 is 5.32 Å². The predicted octanol–water partition coefficient (Wildman–Crippen LogP) is 2.62. The van der Waals surface area contributed by atoms with E-state index < -0.39 is 0 Å². The summed E-state index contributed by atoms with van der Waals surface area (Å²) >= 11 is 0. The molecule has 0 saturated carbocycles. The van der Waals surface area contributed by atoms with Gasteiger partial charge in [0.1, 0.15) is 0 Å². The van der Waals surface area contributed by atoms with E-state index in [9.17, 15) is 0 Å². The van der Waals surface area contributed by atoms with Crippen LogP contribution in [0.4, 0.5) is 0 Å². The Balaban J connectivity index is 1.61. The van der Waals surface area contributed by atoms with Crippen molar-refractivity contribution in [3.63, 3.8) is 0 Å². The molecule has 0 aliphatic carbocycles. The Morgan fingerprint density at radius 2 is 1.90 bits per heavy atom. The van der Waals surface area contributed by atoms with Crippen molar-refractivity contribution in [1.29, 1.82) is 0 Å². The molecule has 2 aromatic rings. The van der Waals surface area contributed by atoms with Gasteiger partial charge in [0, 0.05) is 30.2 Å². The highest BCUT2D eigenvalue weighted by Gasteiger charge is 2.18. The molecule has 2 heterocycles. The van der Waals surface area contributed by atoms with Gasteiger partial charge in [-0.3, -0.25) is 0 Å². The van der Waals surface area contributed by atoms with Crippen LogP contribution in [0.3, 0.4) is 0 Å². The molecule has 4 nitrogen and oxygen atoms in total. The number of piperidine rings is 1. The van der Waals surface area contributed by atoms with E-state index in [1.54, 1.807) is 6.20 Å². The van der Waals surface area contributed by atoms with Crippen LogP contribution in [0.25, 0.3) is 5.69 Å². The molecule has 0 spiro atoms. The second-order valence-electron chi connectivity index (χ2n) is 6.03. The fourth-order valence-electron chi connectivity index (χ4n) is 2.97. The van der Waals surface area contributed by atoms with Crippen LogP contribution in [-0.2, 0) is 0 Å². The summed E-state index contributed by atoms with van der Waals surface area (Å²) in [5.41, 5.74) is 2.50. The molecule has 1 N–H and O–H groups in total. The lowest BCUT2D eigenvalue weighted by Gasteiger charge is -2.31. The number of imidazole rings is 1. The highest BCUT2D eigenvalue weighted by atomic mass is 15.1. The summed E-state index contributed by atoms with van der Waals surface area (Å²) < 4.78 is 2.03. The quantitative estimate of drug-likeness (QED) is 0.937. The Bertz CT molecular complexity index is 539. The number of nitrogens with one attached hydrogen (secondary N) is 1. The third-order valence-corrected chi connectivity index (χ3v) is 4.40. The van der Waals surface area contributed by atoms with E-state index >= 15 is 0 Å². The molecule has 1 aromatic carbocycles. The van der Waals surface area contributed by atoms with Gasteiger partial charge in [0.05, 0.1) is 6.33 Å². The van der Waals surface area contributed by atoms with Gasteiger partial charge in [0.2, 0.25) is 0 Å². The molecular weight excluding hydrogens is 260 g/mol. The van der Waals surface area contributed by atoms with Crippen molar-refractivity contribution in [2.75, 3.05) is 20.1 Å². The van der Waals surface area contributed by atoms with Crippen LogP contribution in [0.1, 0.15) is 31.4 Å². The summed E-state index contributed by atoms with van der Waals surface area (Å²) in [5, 5.41) is 3.76. The van der Waals surface area contributed by atoms with Crippen molar-refractivity contribution in [1.82, 2.24) is 19.8 Å². The standard InChI is InChI=1S/C17H24N4/c1-14(19-16-7-10-20(2)11-8-16)15-3-5-17(6-4-15)21-12-9-18-13-21/h3-6,9,12-14,16,19H,7-8,10-11H2,1-2H3. The van der Waals surface area contributed by atoms with Crippen LogP contribution in [0.15, 0.2) is 43.0 Å². The highest BCUT2D eigenvalue weighted by molar-refractivity contribution is 5.35. The van der Waals surface area contributed by atoms with E-state index in [0.717, 1.165) is 5.69 Å². The van der Waals surface area contributed by atoms with Crippen molar-refractivity contribution in [2.24, 2.45) is 0 Å². The zero-order chi connectivity index (χ0) is 14.7. The average molecular weight is 284 g/mol. The number of likely N-dealkylation sites (tertiary alicyclic amines) is 1. The molecule has 1 aliphatic heterocycles. The zero-order valence-electron chi connectivity index (χ0n) is 12.9. The summed E-state index contributed by atoms with van der Waals surface area (Å²) in [6.45, 7) is 4.65. The van der Waals surface area contributed by atoms with Crippen LogP contribution in [0, 0.1) is 0 Å². The van der Waals surface area contributed by atoms with Crippen molar-refractivity contribution >= 4 is 0 Å². The number of nitrogens with zero attached hydrogens (tertiary/aromatic N) is 3. The van der Waals surface area contributed by atoms with Crippen molar-refractivity contribution in [2.45, 2.75) is 31.8 Å². The summed E-state index contributed by atoms with van der Waals surface area (Å²) in [5.74, 6) is 0. The van der Waals surface area contributed by atoms with Gasteiger partial charge in [0.15, 0.2) is 0 Å². The lowest BCUT2D eigenvalue weighted by molar-refractivity contribution is 0.226. The third kappa shape index (κ3) is 3.52. The maximum Gasteiger partial charge on any atom is 0.0991 e. The largest absolute Gasteiger partial charge is 0.307 e. The highest BCUT2D eigenvalue weighted by Crippen LogP contribution is 2.18. The summed E-state index contributed by atoms with van der Waals surface area (Å²) in [4.78, 5) is 6.49. The van der Waals surface area contributed by atoms with Crippen LogP contribution in [0.2, 0.25) is 0 Å². The zero-order valence-corrected chi connectivity index (χ0v) is 12.9. The van der Waals surface area contributed by atoms with Gasteiger partial charge < -0.3 is 14.8 Å². The molecule has 1 fully saturated rings. The smallest absolute Gasteiger partial charge is 0.0991 e. The van der Waals surface area contributed by atoms with E-state index in [4.69, 9.17) is 0 Å². The SMILES string of the molecule is CC(NC1CCN(C)CC1)c1ccc(-n2ccnc2)cc1. The Labute approximate surface area is 126 Å². The van der Waals surface area contributed by atoms with Gasteiger partial charge in [-0.1, -0.05) is 12.1 Å². The molecule has 1 aliphatic rings. The fourth-order valence-corrected chi connectivity index (χ4v) is 2.97. The first-order valence-corrected chi connectivity index (χ1v) is 7.75. The Hall–Kier alpha value is -1.65. The third-order valence-electron chi connectivity index (χ3n) is 4.40. The molecule has 1 atom stereocenters. The monoisotopic (exact) mass is 284 g/mol. The van der Waals surface area contributed by atoms with Gasteiger partial charge >= 0.3 is 0 Å². The lowest BCUT2D eigenvalue weighted by atomic mass is 10.0. The molecule has 1 saturated heterocycles. The maximum absolute atomic E-state index is 4.09. The number of rotatable bonds is 4. The number of hydrogen-bond donors (Lipinski definition) is 1. The summed E-state index contributed by atoms with van der Waals surface area (Å²) in [6.07, 6.45) is 8.09. The Morgan fingerprint density at radius 3 is 2.52 bits per heavy atom. The van der Waals surface area contributed by atoms with Crippen LogP contribution in [-0.4, -0.2) is 40.6 Å². The molecule has 21 heavy (non-hydrogen) atoms. The first-order chi connectivity index (χ1) is 10.2. The van der Waals surface area contributed by atoms with Crippen LogP contribution in [0.5, 0.6) is 0 Å². The van der Waals surface area contributed by atoms with E-state index in [1.165, 1.54) is 31.5 Å². The van der Waals surface area contributed by atoms with Gasteiger partial charge in [0.25, 0.3) is 0 Å². The van der Waals surface area contributed by atoms with E-state index in [2.05, 4.69) is 53.4 Å². The molecule has 0 bridgehead atoms. The fraction of sp³-hybridized carbons (Fsp3) is 0.471. The second kappa shape index (κ2) is 6.41. The molecule has 3 rings (SSSR count). The van der Waals surface area contributed by atoms with Crippen molar-refractivity contribution in [3.8, 4) is 5.69 Å². The Morgan fingerprint density at radius 1 is 1.19 bits per heavy atom. The van der Waals surface area contributed by atoms with E-state index in [-0.39, 0.29) is 0 Å². The van der Waals surface area contributed by atoms with Gasteiger partial charge in [-0.05, 0) is 57.6 Å². The number of benzene rings is 1. The minimum Gasteiger partial charge on any atom is -0.307 e. The molecular formula is C17H24N4. The predicted molar refractivity (Wildman–Crippen MR) is 85.6 cm³/mol. The van der Waals surface area contributed by atoms with Gasteiger partial charge in [-0.15, -0.1) is 0 Å². The van der Waals surface area contributed by atoms with Crippen molar-refractivity contribution < 1.29 is 0 Å². The molecule has 4 heteroatoms. The normalized spacial score (nSPS) is 18.8. The average Bonchev–Trinajstić information content (AvgIpc) is 3.04. The molecule has 0 amide bonds. The van der Waals surface area contributed by atoms with Crippen LogP contribution >= 0.6 is 0 Å². The summed E-state index contributed by atoms with van der Waals surface area (Å²) in [6, 6.07) is 9.78. The maximum atomic E-state index is 4.09. The van der Waals surface area contributed by atoms with Gasteiger partial charge in [-0.25, -0.2) is 4.98 Å². The molecule has 112 valence electrons. The van der Waals surface area contributed by atoms with E-state index in [1.807, 2.05) is 17.1 Å². The Kier molecular flexibility index (Phi) is 4.36. The first-order valence-electron chi connectivity index (χ1n) is 7.75. The molecule has 1 aromatic heterocycles. The van der Waals surface area contributed by atoms with Gasteiger partial charge in [-0.2, -0.15) is 0 Å². The van der Waals surface area contributed by atoms with Crippen molar-refractivity contribution in [3.05, 3.63) is 48.5 Å². The minimum absolute atomic E-state index is 0.398. The second-order valence-corrected chi connectivity index (χ2v) is 6.03. The summed E-state index contributed by atoms with van der Waals surface area (Å²) in [7, 11) is 2.20. The topological polar surface area (TPSA) is 33.1 Å². The first kappa shape index (κ1) is 14.3. The molecule has 0 radical (unpaired) electrons. The van der Waals surface area contributed by atoms with E-state index in [0.29, 0.717) is 12.1 Å². The number of hydrogen-bond acceptors (Lipinski definition) is 3. The minimum atomic E-state index is 0.398. The number of aromatic nitrogens is 2.